The van der Waals surface area contributed by atoms with Gasteiger partial charge in [-0.2, -0.15) is 0 Å². The van der Waals surface area contributed by atoms with Gasteiger partial charge in [0.1, 0.15) is 11.6 Å². The summed E-state index contributed by atoms with van der Waals surface area (Å²) >= 11 is 0. The summed E-state index contributed by atoms with van der Waals surface area (Å²) in [5.74, 6) is -0.595. The number of aliphatic carboxylic acids is 1. The Morgan fingerprint density at radius 2 is 1.65 bits per heavy atom. The standard InChI is InChI=1S/C31H40F2N2O4S/c32-26-6-8-28(9-7-26)40(38,39)17-12-23-10-15-34(16-11-23)19-25-20-35(22-31(30(36)37)13-1-2-14-31)21-29(25)24-4-3-5-27(33)18-24/h3-9,18,23,25,29H,1-2,10-17,19-22H2,(H,36,37)/t25-,29+/m0/s1. The minimum atomic E-state index is -3.44. The number of rotatable bonds is 10. The van der Waals surface area contributed by atoms with Crippen LogP contribution >= 0.6 is 0 Å². The van der Waals surface area contributed by atoms with Gasteiger partial charge >= 0.3 is 5.97 Å². The van der Waals surface area contributed by atoms with Crippen molar-refractivity contribution >= 4 is 15.8 Å². The first-order valence-corrected chi connectivity index (χ1v) is 16.2. The van der Waals surface area contributed by atoms with E-state index >= 15 is 0 Å². The highest BCUT2D eigenvalue weighted by atomic mass is 32.2. The van der Waals surface area contributed by atoms with Crippen molar-refractivity contribution in [3.8, 4) is 0 Å². The van der Waals surface area contributed by atoms with Crippen LogP contribution in [0, 0.1) is 28.9 Å². The number of sulfone groups is 1. The van der Waals surface area contributed by atoms with Gasteiger partial charge in [0.25, 0.3) is 0 Å². The quantitative estimate of drug-likeness (QED) is 0.393. The van der Waals surface area contributed by atoms with Crippen molar-refractivity contribution in [1.29, 1.82) is 0 Å². The van der Waals surface area contributed by atoms with Gasteiger partial charge in [-0.1, -0.05) is 25.0 Å². The summed E-state index contributed by atoms with van der Waals surface area (Å²) in [4.78, 5) is 17.1. The Kier molecular flexibility index (Phi) is 8.92. The minimum Gasteiger partial charge on any atom is -0.481 e. The van der Waals surface area contributed by atoms with Crippen molar-refractivity contribution in [2.75, 3.05) is 45.0 Å². The van der Waals surface area contributed by atoms with Crippen molar-refractivity contribution in [1.82, 2.24) is 9.80 Å². The molecule has 5 rings (SSSR count). The summed E-state index contributed by atoms with van der Waals surface area (Å²) in [6, 6.07) is 11.9. The van der Waals surface area contributed by atoms with E-state index in [0.29, 0.717) is 18.9 Å². The summed E-state index contributed by atoms with van der Waals surface area (Å²) in [5.41, 5.74) is 0.303. The summed E-state index contributed by atoms with van der Waals surface area (Å²) in [6.45, 7) is 4.71. The maximum absolute atomic E-state index is 14.2. The van der Waals surface area contributed by atoms with E-state index in [1.54, 1.807) is 12.1 Å². The Morgan fingerprint density at radius 3 is 2.30 bits per heavy atom. The normalized spacial score (nSPS) is 24.4. The average molecular weight is 575 g/mol. The molecule has 0 bridgehead atoms. The third-order valence-electron chi connectivity index (χ3n) is 9.50. The third kappa shape index (κ3) is 6.74. The van der Waals surface area contributed by atoms with Crippen LogP contribution in [0.2, 0.25) is 0 Å². The minimum absolute atomic E-state index is 0.0633. The van der Waals surface area contributed by atoms with Gasteiger partial charge in [0.15, 0.2) is 9.84 Å². The fraction of sp³-hybridized carbons (Fsp3) is 0.581. The molecule has 9 heteroatoms. The van der Waals surface area contributed by atoms with Crippen LogP contribution in [-0.2, 0) is 14.6 Å². The number of hydrogen-bond acceptors (Lipinski definition) is 5. The summed E-state index contributed by atoms with van der Waals surface area (Å²) < 4.78 is 52.7. The molecule has 0 radical (unpaired) electrons. The van der Waals surface area contributed by atoms with Crippen molar-refractivity contribution in [2.45, 2.75) is 55.8 Å². The monoisotopic (exact) mass is 574 g/mol. The van der Waals surface area contributed by atoms with Gasteiger partial charge in [0, 0.05) is 32.1 Å². The number of hydrogen-bond donors (Lipinski definition) is 1. The van der Waals surface area contributed by atoms with Gasteiger partial charge < -0.3 is 14.9 Å². The zero-order chi connectivity index (χ0) is 28.3. The first kappa shape index (κ1) is 29.1. The molecule has 3 aliphatic rings. The molecule has 1 N–H and O–H groups in total. The SMILES string of the molecule is O=C(O)C1(CN2C[C@H](CN3CCC(CCS(=O)(=O)c4ccc(F)cc4)CC3)[C@@H](c3cccc(F)c3)C2)CCCC1. The molecule has 3 fully saturated rings. The molecule has 0 spiro atoms. The fourth-order valence-corrected chi connectivity index (χ4v) is 8.61. The van der Waals surface area contributed by atoms with Crippen molar-refractivity contribution in [3.05, 3.63) is 65.7 Å². The maximum atomic E-state index is 14.2. The molecule has 0 unspecified atom stereocenters. The van der Waals surface area contributed by atoms with Crippen molar-refractivity contribution in [3.63, 3.8) is 0 Å². The number of carboxylic acids is 1. The highest BCUT2D eigenvalue weighted by Gasteiger charge is 2.45. The number of carboxylic acid groups (broad SMARTS) is 1. The van der Waals surface area contributed by atoms with Crippen molar-refractivity contribution in [2.24, 2.45) is 17.3 Å². The molecule has 2 atom stereocenters. The molecule has 2 heterocycles. The lowest BCUT2D eigenvalue weighted by Gasteiger charge is -2.35. The average Bonchev–Trinajstić information content (AvgIpc) is 3.57. The largest absolute Gasteiger partial charge is 0.481 e. The van der Waals surface area contributed by atoms with E-state index in [9.17, 15) is 27.1 Å². The van der Waals surface area contributed by atoms with Crippen LogP contribution in [0.3, 0.4) is 0 Å². The van der Waals surface area contributed by atoms with E-state index in [4.69, 9.17) is 0 Å². The molecule has 218 valence electrons. The zero-order valence-corrected chi connectivity index (χ0v) is 23.8. The number of halogens is 2. The molecular formula is C31H40F2N2O4S. The molecule has 0 aromatic heterocycles. The molecule has 0 amide bonds. The van der Waals surface area contributed by atoms with E-state index < -0.39 is 27.0 Å². The Balaban J connectivity index is 1.18. The van der Waals surface area contributed by atoms with Crippen LogP contribution < -0.4 is 0 Å². The Hall–Kier alpha value is -2.36. The number of likely N-dealkylation sites (tertiary alicyclic amines) is 2. The molecule has 2 saturated heterocycles. The van der Waals surface area contributed by atoms with Crippen molar-refractivity contribution < 1.29 is 27.1 Å². The van der Waals surface area contributed by atoms with Gasteiger partial charge in [0.2, 0.25) is 0 Å². The van der Waals surface area contributed by atoms with Crippen LogP contribution in [0.25, 0.3) is 0 Å². The van der Waals surface area contributed by atoms with Gasteiger partial charge in [-0.25, -0.2) is 17.2 Å². The highest BCUT2D eigenvalue weighted by Crippen LogP contribution is 2.42. The smallest absolute Gasteiger partial charge is 0.310 e. The van der Waals surface area contributed by atoms with Crippen LogP contribution in [0.1, 0.15) is 56.4 Å². The Morgan fingerprint density at radius 1 is 0.950 bits per heavy atom. The summed E-state index contributed by atoms with van der Waals surface area (Å²) in [7, 11) is -3.44. The van der Waals surface area contributed by atoms with E-state index in [1.807, 2.05) is 6.07 Å². The Bertz CT molecular complexity index is 1270. The number of benzene rings is 2. The van der Waals surface area contributed by atoms with Crippen LogP contribution in [-0.4, -0.2) is 74.3 Å². The van der Waals surface area contributed by atoms with Crippen LogP contribution in [0.4, 0.5) is 8.78 Å². The lowest BCUT2D eigenvalue weighted by Crippen LogP contribution is -2.41. The second-order valence-corrected chi connectivity index (χ2v) is 14.3. The summed E-state index contributed by atoms with van der Waals surface area (Å²) in [5, 5.41) is 10.0. The van der Waals surface area contributed by atoms with Crippen LogP contribution in [0.15, 0.2) is 53.4 Å². The molecule has 6 nitrogen and oxygen atoms in total. The number of piperidine rings is 1. The second kappa shape index (κ2) is 12.2. The first-order valence-electron chi connectivity index (χ1n) is 14.6. The number of carbonyl (C=O) groups is 1. The van der Waals surface area contributed by atoms with E-state index in [0.717, 1.165) is 76.8 Å². The van der Waals surface area contributed by atoms with Gasteiger partial charge in [0.05, 0.1) is 16.1 Å². The van der Waals surface area contributed by atoms with E-state index in [2.05, 4.69) is 9.80 Å². The number of nitrogens with zero attached hydrogens (tertiary/aromatic N) is 2. The zero-order valence-electron chi connectivity index (χ0n) is 23.0. The van der Waals surface area contributed by atoms with Gasteiger partial charge in [-0.05, 0) is 99.0 Å². The van der Waals surface area contributed by atoms with Crippen LogP contribution in [0.5, 0.6) is 0 Å². The first-order chi connectivity index (χ1) is 19.1. The molecule has 1 aliphatic carbocycles. The lowest BCUT2D eigenvalue weighted by atomic mass is 9.85. The maximum Gasteiger partial charge on any atom is 0.310 e. The van der Waals surface area contributed by atoms with Gasteiger partial charge in [-0.15, -0.1) is 0 Å². The molecule has 2 aromatic rings. The predicted octanol–water partition coefficient (Wildman–Crippen LogP) is 5.20. The Labute approximate surface area is 236 Å². The van der Waals surface area contributed by atoms with E-state index in [1.165, 1.54) is 30.3 Å². The van der Waals surface area contributed by atoms with E-state index in [-0.39, 0.29) is 28.3 Å². The van der Waals surface area contributed by atoms with Gasteiger partial charge in [-0.3, -0.25) is 4.79 Å². The third-order valence-corrected chi connectivity index (χ3v) is 11.3. The molecule has 40 heavy (non-hydrogen) atoms. The molecule has 2 aliphatic heterocycles. The highest BCUT2D eigenvalue weighted by molar-refractivity contribution is 7.91. The molecule has 1 saturated carbocycles. The molecular weight excluding hydrogens is 534 g/mol. The summed E-state index contributed by atoms with van der Waals surface area (Å²) in [6.07, 6.45) is 5.78. The fourth-order valence-electron chi connectivity index (χ4n) is 7.18. The second-order valence-electron chi connectivity index (χ2n) is 12.2. The topological polar surface area (TPSA) is 77.9 Å². The molecule has 2 aromatic carbocycles. The lowest BCUT2D eigenvalue weighted by molar-refractivity contribution is -0.149. The predicted molar refractivity (Wildman–Crippen MR) is 150 cm³/mol.